The fourth-order valence-corrected chi connectivity index (χ4v) is 2.43. The van der Waals surface area contributed by atoms with Crippen LogP contribution in [0, 0.1) is 5.92 Å². The van der Waals surface area contributed by atoms with Crippen LogP contribution in [0.1, 0.15) is 51.9 Å². The quantitative estimate of drug-likeness (QED) is 0.535. The second kappa shape index (κ2) is 9.34. The van der Waals surface area contributed by atoms with Crippen LogP contribution in [0.15, 0.2) is 0 Å². The average molecular weight is 257 g/mol. The molecule has 0 amide bonds. The van der Waals surface area contributed by atoms with Crippen LogP contribution in [0.4, 0.5) is 0 Å². The van der Waals surface area contributed by atoms with E-state index in [1.807, 2.05) is 6.92 Å². The van der Waals surface area contributed by atoms with Crippen LogP contribution in [-0.2, 0) is 14.3 Å². The summed E-state index contributed by atoms with van der Waals surface area (Å²) in [5.74, 6) is 0.332. The van der Waals surface area contributed by atoms with Crippen LogP contribution in [0.25, 0.3) is 0 Å². The van der Waals surface area contributed by atoms with Crippen molar-refractivity contribution in [3.8, 4) is 0 Å². The maximum absolute atomic E-state index is 11.6. The van der Waals surface area contributed by atoms with E-state index in [2.05, 4.69) is 0 Å². The molecule has 1 aliphatic rings. The maximum Gasteiger partial charge on any atom is 0.322 e. The van der Waals surface area contributed by atoms with Gasteiger partial charge in [0.05, 0.1) is 6.61 Å². The van der Waals surface area contributed by atoms with Gasteiger partial charge in [-0.05, 0) is 18.8 Å². The molecule has 1 atom stereocenters. The van der Waals surface area contributed by atoms with Crippen LogP contribution in [0.2, 0.25) is 0 Å². The van der Waals surface area contributed by atoms with Crippen molar-refractivity contribution < 1.29 is 14.3 Å². The van der Waals surface area contributed by atoms with Gasteiger partial charge >= 0.3 is 5.97 Å². The van der Waals surface area contributed by atoms with E-state index >= 15 is 0 Å². The van der Waals surface area contributed by atoms with Gasteiger partial charge in [-0.2, -0.15) is 0 Å². The van der Waals surface area contributed by atoms with Crippen molar-refractivity contribution in [3.05, 3.63) is 0 Å². The Kier molecular flexibility index (Phi) is 8.01. The summed E-state index contributed by atoms with van der Waals surface area (Å²) in [5.41, 5.74) is 5.87. The predicted octanol–water partition coefficient (Wildman–Crippen LogP) is 2.25. The Morgan fingerprint density at radius 3 is 2.61 bits per heavy atom. The van der Waals surface area contributed by atoms with Gasteiger partial charge in [-0.15, -0.1) is 0 Å². The van der Waals surface area contributed by atoms with Crippen molar-refractivity contribution in [1.82, 2.24) is 0 Å². The standard InChI is InChI=1S/C14H27NO3/c1-2-8-17-9-10-18-14(16)13(15)11-12-6-4-3-5-7-12/h12-13H,2-11,15H2,1H3/t13-/m1/s1. The number of hydrogen-bond acceptors (Lipinski definition) is 4. The number of esters is 1. The Morgan fingerprint density at radius 2 is 1.94 bits per heavy atom. The lowest BCUT2D eigenvalue weighted by molar-refractivity contribution is -0.147. The van der Waals surface area contributed by atoms with Gasteiger partial charge in [-0.1, -0.05) is 39.0 Å². The summed E-state index contributed by atoms with van der Waals surface area (Å²) in [6, 6.07) is -0.459. The molecule has 1 saturated carbocycles. The molecule has 106 valence electrons. The van der Waals surface area contributed by atoms with Crippen LogP contribution in [-0.4, -0.2) is 31.8 Å². The molecule has 0 aromatic rings. The Labute approximate surface area is 110 Å². The third-order valence-corrected chi connectivity index (χ3v) is 3.44. The van der Waals surface area contributed by atoms with Crippen molar-refractivity contribution in [2.24, 2.45) is 11.7 Å². The van der Waals surface area contributed by atoms with Gasteiger partial charge in [0.25, 0.3) is 0 Å². The second-order valence-electron chi connectivity index (χ2n) is 5.13. The van der Waals surface area contributed by atoms with Crippen molar-refractivity contribution in [2.75, 3.05) is 19.8 Å². The summed E-state index contributed by atoms with van der Waals surface area (Å²) in [6.07, 6.45) is 8.05. The second-order valence-corrected chi connectivity index (χ2v) is 5.13. The van der Waals surface area contributed by atoms with Gasteiger partial charge in [0.15, 0.2) is 0 Å². The van der Waals surface area contributed by atoms with Crippen LogP contribution < -0.4 is 5.73 Å². The number of carbonyl (C=O) groups excluding carboxylic acids is 1. The Bertz CT molecular complexity index is 227. The number of ether oxygens (including phenoxy) is 2. The molecule has 0 aliphatic heterocycles. The van der Waals surface area contributed by atoms with Gasteiger partial charge < -0.3 is 15.2 Å². The minimum absolute atomic E-state index is 0.277. The first-order chi connectivity index (χ1) is 8.74. The lowest BCUT2D eigenvalue weighted by Gasteiger charge is -2.23. The summed E-state index contributed by atoms with van der Waals surface area (Å²) in [7, 11) is 0. The molecular formula is C14H27NO3. The zero-order valence-corrected chi connectivity index (χ0v) is 11.5. The van der Waals surface area contributed by atoms with E-state index in [0.29, 0.717) is 25.7 Å². The average Bonchev–Trinajstić information content (AvgIpc) is 2.39. The molecule has 0 aromatic heterocycles. The molecule has 1 fully saturated rings. The minimum Gasteiger partial charge on any atom is -0.462 e. The largest absolute Gasteiger partial charge is 0.462 e. The van der Waals surface area contributed by atoms with Crippen molar-refractivity contribution in [2.45, 2.75) is 57.9 Å². The SMILES string of the molecule is CCCOCCOC(=O)[C@H](N)CC1CCCCC1. The van der Waals surface area contributed by atoms with Gasteiger partial charge in [-0.3, -0.25) is 4.79 Å². The lowest BCUT2D eigenvalue weighted by atomic mass is 9.85. The van der Waals surface area contributed by atoms with Gasteiger partial charge in [0, 0.05) is 6.61 Å². The molecule has 0 spiro atoms. The van der Waals surface area contributed by atoms with Crippen molar-refractivity contribution in [3.63, 3.8) is 0 Å². The highest BCUT2D eigenvalue weighted by molar-refractivity contribution is 5.75. The first-order valence-corrected chi connectivity index (χ1v) is 7.24. The third kappa shape index (κ3) is 6.36. The first kappa shape index (κ1) is 15.4. The summed E-state index contributed by atoms with van der Waals surface area (Å²) >= 11 is 0. The van der Waals surface area contributed by atoms with E-state index in [9.17, 15) is 4.79 Å². The molecule has 4 heteroatoms. The molecule has 2 N–H and O–H groups in total. The highest BCUT2D eigenvalue weighted by atomic mass is 16.6. The molecule has 4 nitrogen and oxygen atoms in total. The summed E-state index contributed by atoms with van der Waals surface area (Å²) in [4.78, 5) is 11.6. The van der Waals surface area contributed by atoms with Crippen LogP contribution in [0.5, 0.6) is 0 Å². The molecular weight excluding hydrogens is 230 g/mol. The van der Waals surface area contributed by atoms with Crippen molar-refractivity contribution in [1.29, 1.82) is 0 Å². The highest BCUT2D eigenvalue weighted by Crippen LogP contribution is 2.27. The van der Waals surface area contributed by atoms with E-state index in [1.54, 1.807) is 0 Å². The Hall–Kier alpha value is -0.610. The van der Waals surface area contributed by atoms with Crippen molar-refractivity contribution >= 4 is 5.97 Å². The monoisotopic (exact) mass is 257 g/mol. The Balaban J connectivity index is 2.08. The van der Waals surface area contributed by atoms with Gasteiger partial charge in [-0.25, -0.2) is 0 Å². The fourth-order valence-electron chi connectivity index (χ4n) is 2.43. The number of hydrogen-bond donors (Lipinski definition) is 1. The Morgan fingerprint density at radius 1 is 1.22 bits per heavy atom. The molecule has 0 radical (unpaired) electrons. The molecule has 18 heavy (non-hydrogen) atoms. The highest BCUT2D eigenvalue weighted by Gasteiger charge is 2.22. The molecule has 0 unspecified atom stereocenters. The van der Waals surface area contributed by atoms with E-state index in [4.69, 9.17) is 15.2 Å². The van der Waals surface area contributed by atoms with Crippen LogP contribution in [0.3, 0.4) is 0 Å². The molecule has 0 bridgehead atoms. The normalized spacial score (nSPS) is 18.6. The number of carbonyl (C=O) groups is 1. The zero-order chi connectivity index (χ0) is 13.2. The van der Waals surface area contributed by atoms with Gasteiger partial charge in [0.1, 0.15) is 12.6 Å². The zero-order valence-electron chi connectivity index (χ0n) is 11.5. The van der Waals surface area contributed by atoms with E-state index in [-0.39, 0.29) is 5.97 Å². The van der Waals surface area contributed by atoms with Crippen LogP contribution >= 0.6 is 0 Å². The molecule has 0 heterocycles. The van der Waals surface area contributed by atoms with Gasteiger partial charge in [0.2, 0.25) is 0 Å². The maximum atomic E-state index is 11.6. The fraction of sp³-hybridized carbons (Fsp3) is 0.929. The molecule has 1 rings (SSSR count). The smallest absolute Gasteiger partial charge is 0.322 e. The topological polar surface area (TPSA) is 61.5 Å². The molecule has 1 aliphatic carbocycles. The van der Waals surface area contributed by atoms with E-state index < -0.39 is 6.04 Å². The minimum atomic E-state index is -0.459. The summed E-state index contributed by atoms with van der Waals surface area (Å²) in [6.45, 7) is 3.55. The van der Waals surface area contributed by atoms with E-state index in [0.717, 1.165) is 12.8 Å². The third-order valence-electron chi connectivity index (χ3n) is 3.44. The number of rotatable bonds is 8. The number of nitrogens with two attached hydrogens (primary N) is 1. The summed E-state index contributed by atoms with van der Waals surface area (Å²) in [5, 5.41) is 0. The first-order valence-electron chi connectivity index (χ1n) is 7.24. The molecule has 0 saturated heterocycles. The predicted molar refractivity (Wildman–Crippen MR) is 71.2 cm³/mol. The van der Waals surface area contributed by atoms with E-state index in [1.165, 1.54) is 32.1 Å². The summed E-state index contributed by atoms with van der Waals surface area (Å²) < 4.78 is 10.3. The molecule has 0 aromatic carbocycles. The lowest BCUT2D eigenvalue weighted by Crippen LogP contribution is -2.35.